The third-order valence-corrected chi connectivity index (χ3v) is 3.97. The second-order valence-electron chi connectivity index (χ2n) is 6.04. The molecule has 1 aliphatic rings. The number of nitrogen functional groups attached to an aromatic ring is 1. The van der Waals surface area contributed by atoms with Gasteiger partial charge in [-0.05, 0) is 26.4 Å². The van der Waals surface area contributed by atoms with Gasteiger partial charge >= 0.3 is 0 Å². The smallest absolute Gasteiger partial charge is 0.221 e. The van der Waals surface area contributed by atoms with E-state index in [2.05, 4.69) is 34.3 Å². The first kappa shape index (κ1) is 15.0. The molecule has 1 aromatic rings. The predicted octanol–water partition coefficient (Wildman–Crippen LogP) is 2.16. The lowest BCUT2D eigenvalue weighted by Gasteiger charge is -2.22. The van der Waals surface area contributed by atoms with Crippen LogP contribution in [0.5, 0.6) is 0 Å². The van der Waals surface area contributed by atoms with Crippen LogP contribution < -0.4 is 11.1 Å². The van der Waals surface area contributed by atoms with Crippen LogP contribution >= 0.6 is 0 Å². The molecule has 0 amide bonds. The van der Waals surface area contributed by atoms with Gasteiger partial charge in [-0.3, -0.25) is 0 Å². The monoisotopic (exact) mass is 277 g/mol. The molecule has 0 aromatic carbocycles. The number of nitrogens with zero attached hydrogens (tertiary/aromatic N) is 3. The first-order valence-corrected chi connectivity index (χ1v) is 7.65. The maximum Gasteiger partial charge on any atom is 0.221 e. The van der Waals surface area contributed by atoms with Crippen molar-refractivity contribution in [3.8, 4) is 0 Å². The molecule has 0 unspecified atom stereocenters. The van der Waals surface area contributed by atoms with E-state index >= 15 is 0 Å². The summed E-state index contributed by atoms with van der Waals surface area (Å²) in [6, 6.07) is 0. The van der Waals surface area contributed by atoms with Gasteiger partial charge in [0.1, 0.15) is 5.82 Å². The van der Waals surface area contributed by atoms with E-state index in [4.69, 9.17) is 5.73 Å². The molecule has 3 N–H and O–H groups in total. The van der Waals surface area contributed by atoms with Gasteiger partial charge in [0.15, 0.2) is 0 Å². The van der Waals surface area contributed by atoms with Gasteiger partial charge < -0.3 is 16.0 Å². The molecule has 1 saturated carbocycles. The average molecular weight is 277 g/mol. The van der Waals surface area contributed by atoms with Crippen LogP contribution in [-0.2, 0) is 6.42 Å². The van der Waals surface area contributed by atoms with E-state index < -0.39 is 0 Å². The van der Waals surface area contributed by atoms with Gasteiger partial charge in [0.2, 0.25) is 5.95 Å². The zero-order chi connectivity index (χ0) is 14.4. The molecule has 112 valence electrons. The second-order valence-corrected chi connectivity index (χ2v) is 6.04. The standard InChI is InChI=1S/C15H27N5/c1-20(2)9-8-17-14-13(11-18-15(16)19-14)10-12-6-4-3-5-7-12/h11-12H,3-10H2,1-2H3,(H3,16,17,18,19). The van der Waals surface area contributed by atoms with Crippen LogP contribution in [0.2, 0.25) is 0 Å². The van der Waals surface area contributed by atoms with Crippen molar-refractivity contribution in [1.82, 2.24) is 14.9 Å². The Morgan fingerprint density at radius 2 is 2.05 bits per heavy atom. The van der Waals surface area contributed by atoms with E-state index in [0.29, 0.717) is 5.95 Å². The predicted molar refractivity (Wildman–Crippen MR) is 83.8 cm³/mol. The molecule has 1 aliphatic carbocycles. The van der Waals surface area contributed by atoms with Gasteiger partial charge in [0, 0.05) is 24.8 Å². The highest BCUT2D eigenvalue weighted by atomic mass is 15.1. The van der Waals surface area contributed by atoms with Crippen LogP contribution in [0.1, 0.15) is 37.7 Å². The summed E-state index contributed by atoms with van der Waals surface area (Å²) >= 11 is 0. The van der Waals surface area contributed by atoms with Crippen molar-refractivity contribution >= 4 is 11.8 Å². The van der Waals surface area contributed by atoms with Gasteiger partial charge in [-0.25, -0.2) is 4.98 Å². The fourth-order valence-electron chi connectivity index (χ4n) is 2.82. The fraction of sp³-hybridized carbons (Fsp3) is 0.733. The van der Waals surface area contributed by atoms with Gasteiger partial charge in [-0.15, -0.1) is 0 Å². The molecule has 0 radical (unpaired) electrons. The Bertz CT molecular complexity index is 413. The van der Waals surface area contributed by atoms with Gasteiger partial charge in [0.25, 0.3) is 0 Å². The molecule has 1 fully saturated rings. The molecule has 2 rings (SSSR count). The van der Waals surface area contributed by atoms with Crippen molar-refractivity contribution in [3.05, 3.63) is 11.8 Å². The summed E-state index contributed by atoms with van der Waals surface area (Å²) in [6.45, 7) is 1.86. The molecule has 1 aromatic heterocycles. The lowest BCUT2D eigenvalue weighted by Crippen LogP contribution is -2.22. The first-order chi connectivity index (χ1) is 9.65. The van der Waals surface area contributed by atoms with Gasteiger partial charge in [-0.1, -0.05) is 32.1 Å². The van der Waals surface area contributed by atoms with E-state index in [1.165, 1.54) is 37.7 Å². The molecule has 0 atom stereocenters. The Morgan fingerprint density at radius 3 is 2.75 bits per heavy atom. The molecule has 20 heavy (non-hydrogen) atoms. The first-order valence-electron chi connectivity index (χ1n) is 7.65. The summed E-state index contributed by atoms with van der Waals surface area (Å²) in [5.41, 5.74) is 6.93. The summed E-state index contributed by atoms with van der Waals surface area (Å²) in [6.07, 6.45) is 9.76. The minimum atomic E-state index is 0.352. The molecule has 1 heterocycles. The molecular formula is C15H27N5. The largest absolute Gasteiger partial charge is 0.368 e. The average Bonchev–Trinajstić information content (AvgIpc) is 2.42. The Kier molecular flexibility index (Phi) is 5.59. The molecule has 5 heteroatoms. The van der Waals surface area contributed by atoms with Crippen LogP contribution in [0.4, 0.5) is 11.8 Å². The van der Waals surface area contributed by atoms with Crippen molar-refractivity contribution in [1.29, 1.82) is 0 Å². The Balaban J connectivity index is 1.98. The molecular weight excluding hydrogens is 250 g/mol. The van der Waals surface area contributed by atoms with Crippen LogP contribution in [0.15, 0.2) is 6.20 Å². The minimum absolute atomic E-state index is 0.352. The molecule has 0 spiro atoms. The highest BCUT2D eigenvalue weighted by molar-refractivity contribution is 5.46. The summed E-state index contributed by atoms with van der Waals surface area (Å²) in [5, 5.41) is 3.40. The highest BCUT2D eigenvalue weighted by Gasteiger charge is 2.16. The van der Waals surface area contributed by atoms with Crippen molar-refractivity contribution in [2.75, 3.05) is 38.2 Å². The van der Waals surface area contributed by atoms with Crippen molar-refractivity contribution in [2.45, 2.75) is 38.5 Å². The zero-order valence-electron chi connectivity index (χ0n) is 12.7. The summed E-state index contributed by atoms with van der Waals surface area (Å²) in [7, 11) is 4.14. The van der Waals surface area contributed by atoms with E-state index in [-0.39, 0.29) is 0 Å². The van der Waals surface area contributed by atoms with Crippen LogP contribution in [-0.4, -0.2) is 42.1 Å². The van der Waals surface area contributed by atoms with E-state index in [9.17, 15) is 0 Å². The SMILES string of the molecule is CN(C)CCNc1nc(N)ncc1CC1CCCCC1. The molecule has 0 aliphatic heterocycles. The van der Waals surface area contributed by atoms with E-state index in [1.807, 2.05) is 6.20 Å². The number of nitrogens with two attached hydrogens (primary N) is 1. The summed E-state index contributed by atoms with van der Waals surface area (Å²) < 4.78 is 0. The van der Waals surface area contributed by atoms with Crippen LogP contribution in [0.3, 0.4) is 0 Å². The maximum absolute atomic E-state index is 5.72. The zero-order valence-corrected chi connectivity index (χ0v) is 12.7. The number of hydrogen-bond donors (Lipinski definition) is 2. The number of hydrogen-bond acceptors (Lipinski definition) is 5. The quantitative estimate of drug-likeness (QED) is 0.834. The van der Waals surface area contributed by atoms with Crippen molar-refractivity contribution in [3.63, 3.8) is 0 Å². The minimum Gasteiger partial charge on any atom is -0.368 e. The second kappa shape index (κ2) is 7.43. The number of anilines is 2. The topological polar surface area (TPSA) is 67.1 Å². The molecule has 0 saturated heterocycles. The Hall–Kier alpha value is -1.36. The third kappa shape index (κ3) is 4.63. The molecule has 0 bridgehead atoms. The number of aromatic nitrogens is 2. The van der Waals surface area contributed by atoms with Crippen molar-refractivity contribution < 1.29 is 0 Å². The van der Waals surface area contributed by atoms with Crippen molar-refractivity contribution in [2.24, 2.45) is 5.92 Å². The molecule has 5 nitrogen and oxygen atoms in total. The maximum atomic E-state index is 5.72. The van der Waals surface area contributed by atoms with E-state index in [1.54, 1.807) is 0 Å². The lowest BCUT2D eigenvalue weighted by molar-refractivity contribution is 0.356. The van der Waals surface area contributed by atoms with E-state index in [0.717, 1.165) is 31.2 Å². The lowest BCUT2D eigenvalue weighted by atomic mass is 9.85. The third-order valence-electron chi connectivity index (χ3n) is 3.97. The number of nitrogens with one attached hydrogen (secondary N) is 1. The summed E-state index contributed by atoms with van der Waals surface area (Å²) in [4.78, 5) is 10.7. The normalized spacial score (nSPS) is 16.6. The van der Waals surface area contributed by atoms with Crippen LogP contribution in [0, 0.1) is 5.92 Å². The van der Waals surface area contributed by atoms with Gasteiger partial charge in [0.05, 0.1) is 0 Å². The Morgan fingerprint density at radius 1 is 1.30 bits per heavy atom. The van der Waals surface area contributed by atoms with Crippen LogP contribution in [0.25, 0.3) is 0 Å². The fourth-order valence-corrected chi connectivity index (χ4v) is 2.82. The van der Waals surface area contributed by atoms with Gasteiger partial charge in [-0.2, -0.15) is 4.98 Å². The highest BCUT2D eigenvalue weighted by Crippen LogP contribution is 2.28. The Labute approximate surface area is 122 Å². The number of likely N-dealkylation sites (N-methyl/N-ethyl adjacent to an activating group) is 1. The summed E-state index contributed by atoms with van der Waals surface area (Å²) in [5.74, 6) is 2.06. The number of rotatable bonds is 6.